The van der Waals surface area contributed by atoms with Crippen LogP contribution in [0, 0.1) is 5.82 Å². The van der Waals surface area contributed by atoms with E-state index in [1.165, 1.54) is 35.9 Å². The molecule has 1 aromatic carbocycles. The van der Waals surface area contributed by atoms with Crippen molar-refractivity contribution in [2.75, 3.05) is 7.11 Å². The Balaban J connectivity index is 2.27. The summed E-state index contributed by atoms with van der Waals surface area (Å²) in [5.74, 6) is -2.78. The lowest BCUT2D eigenvalue weighted by Gasteiger charge is -2.18. The fraction of sp³-hybridized carbons (Fsp3) is 0.167. The lowest BCUT2D eigenvalue weighted by Crippen LogP contribution is -2.24. The molecule has 1 atom stereocenters. The van der Waals surface area contributed by atoms with Crippen LogP contribution in [-0.2, 0) is 9.53 Å². The van der Waals surface area contributed by atoms with Crippen LogP contribution in [0.2, 0.25) is 0 Å². The van der Waals surface area contributed by atoms with Crippen LogP contribution in [0.1, 0.15) is 23.5 Å². The SMILES string of the molecule is COC(=O)CC(c1ccccc1F)c1c(O)nc2ccccn2c1=O. The van der Waals surface area contributed by atoms with Crippen LogP contribution in [0.4, 0.5) is 4.39 Å². The molecule has 1 N–H and O–H groups in total. The molecule has 0 aliphatic rings. The minimum atomic E-state index is -1.02. The van der Waals surface area contributed by atoms with Gasteiger partial charge in [0.05, 0.1) is 19.1 Å². The number of hydrogen-bond acceptors (Lipinski definition) is 5. The van der Waals surface area contributed by atoms with Gasteiger partial charge >= 0.3 is 5.97 Å². The normalized spacial score (nSPS) is 12.1. The van der Waals surface area contributed by atoms with E-state index >= 15 is 0 Å². The molecule has 7 heteroatoms. The molecule has 0 bridgehead atoms. The van der Waals surface area contributed by atoms with Gasteiger partial charge in [-0.15, -0.1) is 0 Å². The van der Waals surface area contributed by atoms with Crippen molar-refractivity contribution in [1.29, 1.82) is 0 Å². The molecule has 128 valence electrons. The minimum absolute atomic E-state index is 0.109. The third kappa shape index (κ3) is 3.08. The van der Waals surface area contributed by atoms with Gasteiger partial charge in [-0.05, 0) is 23.8 Å². The number of methoxy groups -OCH3 is 1. The summed E-state index contributed by atoms with van der Waals surface area (Å²) in [6.45, 7) is 0. The lowest BCUT2D eigenvalue weighted by molar-refractivity contribution is -0.140. The minimum Gasteiger partial charge on any atom is -0.493 e. The number of ether oxygens (including phenoxy) is 1. The number of carbonyl (C=O) groups excluding carboxylic acids is 1. The van der Waals surface area contributed by atoms with Crippen molar-refractivity contribution in [3.63, 3.8) is 0 Å². The van der Waals surface area contributed by atoms with Gasteiger partial charge in [-0.25, -0.2) is 4.39 Å². The maximum absolute atomic E-state index is 14.3. The number of carbonyl (C=O) groups is 1. The van der Waals surface area contributed by atoms with Crippen LogP contribution >= 0.6 is 0 Å². The fourth-order valence-corrected chi connectivity index (χ4v) is 2.77. The molecule has 6 nitrogen and oxygen atoms in total. The van der Waals surface area contributed by atoms with E-state index in [1.54, 1.807) is 24.3 Å². The molecule has 0 radical (unpaired) electrons. The van der Waals surface area contributed by atoms with E-state index in [-0.39, 0.29) is 23.2 Å². The highest BCUT2D eigenvalue weighted by atomic mass is 19.1. The number of aromatic hydroxyl groups is 1. The summed E-state index contributed by atoms with van der Waals surface area (Å²) in [5.41, 5.74) is -0.364. The fourth-order valence-electron chi connectivity index (χ4n) is 2.77. The molecule has 25 heavy (non-hydrogen) atoms. The standard InChI is InChI=1S/C18H15FN2O4/c1-25-15(22)10-12(11-6-2-3-7-13(11)19)16-17(23)20-14-8-4-5-9-21(14)18(16)24/h2-9,12,23H,10H2,1H3. The molecule has 2 aromatic heterocycles. The Kier molecular flexibility index (Phi) is 4.47. The Morgan fingerprint density at radius 2 is 2.00 bits per heavy atom. The van der Waals surface area contributed by atoms with Gasteiger partial charge in [-0.2, -0.15) is 4.98 Å². The molecule has 0 aliphatic heterocycles. The third-order valence-corrected chi connectivity index (χ3v) is 3.98. The Morgan fingerprint density at radius 3 is 2.72 bits per heavy atom. The van der Waals surface area contributed by atoms with Gasteiger partial charge in [0.2, 0.25) is 5.88 Å². The highest BCUT2D eigenvalue weighted by molar-refractivity contribution is 5.71. The topological polar surface area (TPSA) is 80.9 Å². The van der Waals surface area contributed by atoms with E-state index in [2.05, 4.69) is 9.72 Å². The monoisotopic (exact) mass is 342 g/mol. The van der Waals surface area contributed by atoms with Crippen LogP contribution in [-0.4, -0.2) is 27.6 Å². The Morgan fingerprint density at radius 1 is 1.28 bits per heavy atom. The van der Waals surface area contributed by atoms with Crippen LogP contribution in [0.25, 0.3) is 5.65 Å². The first-order valence-electron chi connectivity index (χ1n) is 7.54. The molecule has 0 saturated heterocycles. The van der Waals surface area contributed by atoms with Gasteiger partial charge in [0.1, 0.15) is 11.5 Å². The lowest BCUT2D eigenvalue weighted by atomic mass is 9.89. The van der Waals surface area contributed by atoms with Crippen molar-refractivity contribution in [2.45, 2.75) is 12.3 Å². The molecule has 2 heterocycles. The van der Waals surface area contributed by atoms with Crippen molar-refractivity contribution in [1.82, 2.24) is 9.38 Å². The average molecular weight is 342 g/mol. The number of rotatable bonds is 4. The molecule has 0 aliphatic carbocycles. The van der Waals surface area contributed by atoms with Gasteiger partial charge in [-0.1, -0.05) is 24.3 Å². The predicted molar refractivity (Wildman–Crippen MR) is 88.0 cm³/mol. The van der Waals surface area contributed by atoms with Crippen molar-refractivity contribution in [3.8, 4) is 5.88 Å². The average Bonchev–Trinajstić information content (AvgIpc) is 2.61. The molecule has 3 aromatic rings. The van der Waals surface area contributed by atoms with E-state index in [0.29, 0.717) is 0 Å². The number of benzene rings is 1. The van der Waals surface area contributed by atoms with Gasteiger partial charge in [-0.3, -0.25) is 14.0 Å². The second-order valence-corrected chi connectivity index (χ2v) is 5.44. The van der Waals surface area contributed by atoms with Crippen molar-refractivity contribution in [3.05, 3.63) is 76.0 Å². The van der Waals surface area contributed by atoms with Crippen LogP contribution in [0.3, 0.4) is 0 Å². The van der Waals surface area contributed by atoms with Crippen molar-refractivity contribution >= 4 is 11.6 Å². The molecule has 1 unspecified atom stereocenters. The first-order chi connectivity index (χ1) is 12.0. The molecule has 0 fully saturated rings. The second kappa shape index (κ2) is 6.72. The quantitative estimate of drug-likeness (QED) is 0.736. The highest BCUT2D eigenvalue weighted by Gasteiger charge is 2.28. The maximum atomic E-state index is 14.3. The zero-order valence-corrected chi connectivity index (χ0v) is 13.3. The van der Waals surface area contributed by atoms with Gasteiger partial charge in [0.25, 0.3) is 5.56 Å². The molecule has 0 saturated carbocycles. The largest absolute Gasteiger partial charge is 0.493 e. The Hall–Kier alpha value is -3.22. The van der Waals surface area contributed by atoms with E-state index in [1.807, 2.05) is 0 Å². The molecule has 3 rings (SSSR count). The maximum Gasteiger partial charge on any atom is 0.306 e. The van der Waals surface area contributed by atoms with Gasteiger partial charge in [0.15, 0.2) is 0 Å². The Bertz CT molecular complexity index is 1000. The summed E-state index contributed by atoms with van der Waals surface area (Å²) in [7, 11) is 1.20. The van der Waals surface area contributed by atoms with E-state index < -0.39 is 29.1 Å². The van der Waals surface area contributed by atoms with Crippen LogP contribution in [0.5, 0.6) is 5.88 Å². The molecular weight excluding hydrogens is 327 g/mol. The number of hydrogen-bond donors (Lipinski definition) is 1. The van der Waals surface area contributed by atoms with Crippen molar-refractivity contribution < 1.29 is 19.0 Å². The zero-order chi connectivity index (χ0) is 18.0. The predicted octanol–water partition coefficient (Wildman–Crippen LogP) is 2.23. The van der Waals surface area contributed by atoms with E-state index in [0.717, 1.165) is 0 Å². The highest BCUT2D eigenvalue weighted by Crippen LogP contribution is 2.32. The van der Waals surface area contributed by atoms with E-state index in [4.69, 9.17) is 0 Å². The first kappa shape index (κ1) is 16.6. The number of aromatic nitrogens is 2. The summed E-state index contributed by atoms with van der Waals surface area (Å²) >= 11 is 0. The van der Waals surface area contributed by atoms with Gasteiger partial charge < -0.3 is 9.84 Å². The molecule has 0 spiro atoms. The number of halogens is 1. The summed E-state index contributed by atoms with van der Waals surface area (Å²) in [5, 5.41) is 10.3. The smallest absolute Gasteiger partial charge is 0.306 e. The van der Waals surface area contributed by atoms with Crippen molar-refractivity contribution in [2.24, 2.45) is 0 Å². The molecule has 0 amide bonds. The Labute approximate surface area is 142 Å². The molecular formula is C18H15FN2O4. The zero-order valence-electron chi connectivity index (χ0n) is 13.3. The third-order valence-electron chi connectivity index (χ3n) is 3.98. The second-order valence-electron chi connectivity index (χ2n) is 5.44. The number of esters is 1. The number of pyridine rings is 1. The summed E-state index contributed by atoms with van der Waals surface area (Å²) < 4.78 is 20.2. The first-order valence-corrected chi connectivity index (χ1v) is 7.54. The summed E-state index contributed by atoms with van der Waals surface area (Å²) in [6, 6.07) is 10.6. The van der Waals surface area contributed by atoms with E-state index in [9.17, 15) is 19.1 Å². The summed E-state index contributed by atoms with van der Waals surface area (Å²) in [6.07, 6.45) is 1.19. The van der Waals surface area contributed by atoms with Gasteiger partial charge in [0, 0.05) is 12.1 Å². The number of fused-ring (bicyclic) bond motifs is 1. The summed E-state index contributed by atoms with van der Waals surface area (Å²) in [4.78, 5) is 28.6. The van der Waals surface area contributed by atoms with Crippen LogP contribution in [0.15, 0.2) is 53.5 Å². The van der Waals surface area contributed by atoms with Crippen LogP contribution < -0.4 is 5.56 Å². The number of nitrogens with zero attached hydrogens (tertiary/aromatic N) is 2.